The Morgan fingerprint density at radius 3 is 2.79 bits per heavy atom. The molecule has 28 heavy (non-hydrogen) atoms. The molecular formula is C19H22F2N4O3. The van der Waals surface area contributed by atoms with Crippen LogP contribution in [0.3, 0.4) is 0 Å². The summed E-state index contributed by atoms with van der Waals surface area (Å²) in [4.78, 5) is 12.7. The number of amidine groups is 1. The molecule has 0 saturated heterocycles. The van der Waals surface area contributed by atoms with Crippen molar-refractivity contribution in [2.75, 3.05) is 13.7 Å². The number of halogens is 2. The lowest BCUT2D eigenvalue weighted by molar-refractivity contribution is 0.0436. The van der Waals surface area contributed by atoms with Crippen molar-refractivity contribution in [1.82, 2.24) is 9.78 Å². The molecule has 7 nitrogen and oxygen atoms in total. The summed E-state index contributed by atoms with van der Waals surface area (Å²) in [5.74, 6) is -0.877. The lowest BCUT2D eigenvalue weighted by Gasteiger charge is -2.18. The predicted molar refractivity (Wildman–Crippen MR) is 97.7 cm³/mol. The summed E-state index contributed by atoms with van der Waals surface area (Å²) in [5, 5.41) is 11.8. The molecule has 150 valence electrons. The van der Waals surface area contributed by atoms with Gasteiger partial charge >= 0.3 is 5.97 Å². The van der Waals surface area contributed by atoms with Crippen LogP contribution in [-0.4, -0.2) is 41.4 Å². The third-order valence-corrected chi connectivity index (χ3v) is 4.99. The number of rotatable bonds is 8. The van der Waals surface area contributed by atoms with Gasteiger partial charge in [0, 0.05) is 13.5 Å². The molecule has 1 aromatic carbocycles. The Morgan fingerprint density at radius 1 is 1.46 bits per heavy atom. The second-order valence-electron chi connectivity index (χ2n) is 6.77. The van der Waals surface area contributed by atoms with Crippen LogP contribution in [0.1, 0.15) is 40.2 Å². The molecule has 0 radical (unpaired) electrons. The van der Waals surface area contributed by atoms with Gasteiger partial charge in [0.2, 0.25) is 0 Å². The van der Waals surface area contributed by atoms with Gasteiger partial charge in [0.1, 0.15) is 23.3 Å². The van der Waals surface area contributed by atoms with Crippen LogP contribution in [-0.2, 0) is 21.4 Å². The number of ether oxygens (including phenoxy) is 2. The largest absolute Gasteiger partial charge is 0.456 e. The molecule has 0 bridgehead atoms. The Hall–Kier alpha value is -2.81. The van der Waals surface area contributed by atoms with E-state index in [4.69, 9.17) is 20.6 Å². The topological polar surface area (TPSA) is 103 Å². The summed E-state index contributed by atoms with van der Waals surface area (Å²) in [6.45, 7) is 2.23. The van der Waals surface area contributed by atoms with Crippen molar-refractivity contribution in [2.24, 2.45) is 5.73 Å². The van der Waals surface area contributed by atoms with Crippen molar-refractivity contribution in [3.63, 3.8) is 0 Å². The van der Waals surface area contributed by atoms with Crippen LogP contribution in [0.5, 0.6) is 0 Å². The highest BCUT2D eigenvalue weighted by Crippen LogP contribution is 2.51. The molecule has 1 heterocycles. The Kier molecular flexibility index (Phi) is 5.46. The highest BCUT2D eigenvalue weighted by molar-refractivity contribution is 5.95. The summed E-state index contributed by atoms with van der Waals surface area (Å²) < 4.78 is 37.7. The van der Waals surface area contributed by atoms with E-state index < -0.39 is 29.6 Å². The van der Waals surface area contributed by atoms with Crippen LogP contribution in [0.15, 0.2) is 30.3 Å². The maximum Gasteiger partial charge on any atom is 0.356 e. The SMILES string of the molecule is COCCn1nc(C(F)F)cc1C(=O)OC1CC1(C(=N)N)c1ccccc1C. The van der Waals surface area contributed by atoms with Gasteiger partial charge < -0.3 is 15.2 Å². The standard InChI is InChI=1S/C19H22F2N4O3/c1-11-5-3-4-6-12(11)19(18(22)23)10-15(19)28-17(26)14-9-13(16(20)21)24-25(14)7-8-27-2/h3-6,9,15-16H,7-8,10H2,1-2H3,(H3,22,23). The molecule has 1 aliphatic rings. The second-order valence-corrected chi connectivity index (χ2v) is 6.77. The number of aryl methyl sites for hydroxylation is 1. The van der Waals surface area contributed by atoms with Gasteiger partial charge in [-0.25, -0.2) is 13.6 Å². The van der Waals surface area contributed by atoms with Gasteiger partial charge in [-0.15, -0.1) is 0 Å². The van der Waals surface area contributed by atoms with E-state index in [2.05, 4.69) is 5.10 Å². The van der Waals surface area contributed by atoms with Crippen LogP contribution < -0.4 is 5.73 Å². The van der Waals surface area contributed by atoms with Crippen LogP contribution in [0.25, 0.3) is 0 Å². The van der Waals surface area contributed by atoms with Gasteiger partial charge in [-0.3, -0.25) is 10.1 Å². The fraction of sp³-hybridized carbons (Fsp3) is 0.421. The molecule has 1 aromatic heterocycles. The molecule has 0 spiro atoms. The second kappa shape index (κ2) is 7.67. The number of carbonyl (C=O) groups excluding carboxylic acids is 1. The summed E-state index contributed by atoms with van der Waals surface area (Å²) in [7, 11) is 1.46. The zero-order valence-corrected chi connectivity index (χ0v) is 15.6. The van der Waals surface area contributed by atoms with E-state index in [-0.39, 0.29) is 24.7 Å². The highest BCUT2D eigenvalue weighted by atomic mass is 19.3. The Bertz CT molecular complexity index is 899. The number of nitrogens with two attached hydrogens (primary N) is 1. The number of nitrogens with zero attached hydrogens (tertiary/aromatic N) is 2. The Balaban J connectivity index is 1.84. The predicted octanol–water partition coefficient (Wildman–Crippen LogP) is 2.58. The van der Waals surface area contributed by atoms with Crippen LogP contribution >= 0.6 is 0 Å². The van der Waals surface area contributed by atoms with Crippen LogP contribution in [0, 0.1) is 12.3 Å². The summed E-state index contributed by atoms with van der Waals surface area (Å²) >= 11 is 0. The first-order valence-electron chi connectivity index (χ1n) is 8.77. The van der Waals surface area contributed by atoms with Crippen molar-refractivity contribution in [3.8, 4) is 0 Å². The molecule has 1 saturated carbocycles. The van der Waals surface area contributed by atoms with E-state index in [1.165, 1.54) is 7.11 Å². The Morgan fingerprint density at radius 2 is 2.18 bits per heavy atom. The number of hydrogen-bond donors (Lipinski definition) is 2. The Labute approximate surface area is 160 Å². The van der Waals surface area contributed by atoms with Crippen molar-refractivity contribution in [2.45, 2.75) is 37.8 Å². The zero-order chi connectivity index (χ0) is 20.5. The number of hydrogen-bond acceptors (Lipinski definition) is 5. The summed E-state index contributed by atoms with van der Waals surface area (Å²) in [5.41, 5.74) is 6.12. The minimum Gasteiger partial charge on any atom is -0.456 e. The molecule has 3 rings (SSSR count). The van der Waals surface area contributed by atoms with E-state index >= 15 is 0 Å². The number of methoxy groups -OCH3 is 1. The number of esters is 1. The normalized spacial score (nSPS) is 21.0. The van der Waals surface area contributed by atoms with Crippen molar-refractivity contribution >= 4 is 11.8 Å². The lowest BCUT2D eigenvalue weighted by atomic mass is 9.90. The van der Waals surface area contributed by atoms with Crippen LogP contribution in [0.4, 0.5) is 8.78 Å². The first-order valence-corrected chi connectivity index (χ1v) is 8.77. The molecule has 3 N–H and O–H groups in total. The minimum atomic E-state index is -2.81. The molecule has 2 atom stereocenters. The molecule has 1 fully saturated rings. The monoisotopic (exact) mass is 392 g/mol. The molecule has 1 aliphatic carbocycles. The number of aromatic nitrogens is 2. The minimum absolute atomic E-state index is 0.0820. The van der Waals surface area contributed by atoms with Crippen molar-refractivity contribution in [3.05, 3.63) is 52.8 Å². The summed E-state index contributed by atoms with van der Waals surface area (Å²) in [6, 6.07) is 8.47. The molecule has 0 amide bonds. The van der Waals surface area contributed by atoms with E-state index in [0.29, 0.717) is 6.42 Å². The molecule has 0 aliphatic heterocycles. The molecule has 9 heteroatoms. The average molecular weight is 392 g/mol. The average Bonchev–Trinajstić information content (AvgIpc) is 3.20. The third-order valence-electron chi connectivity index (χ3n) is 4.99. The van der Waals surface area contributed by atoms with Gasteiger partial charge in [0.15, 0.2) is 0 Å². The number of carbonyl (C=O) groups is 1. The van der Waals surface area contributed by atoms with Gasteiger partial charge in [-0.2, -0.15) is 5.10 Å². The molecule has 2 unspecified atom stereocenters. The maximum absolute atomic E-state index is 13.0. The number of benzene rings is 1. The zero-order valence-electron chi connectivity index (χ0n) is 15.6. The van der Waals surface area contributed by atoms with Gasteiger partial charge in [-0.05, 0) is 24.1 Å². The number of nitrogens with one attached hydrogen (secondary N) is 1. The van der Waals surface area contributed by atoms with E-state index in [1.807, 2.05) is 31.2 Å². The van der Waals surface area contributed by atoms with Crippen molar-refractivity contribution in [1.29, 1.82) is 5.41 Å². The van der Waals surface area contributed by atoms with Crippen molar-refractivity contribution < 1.29 is 23.0 Å². The molecule has 2 aromatic rings. The van der Waals surface area contributed by atoms with E-state index in [9.17, 15) is 13.6 Å². The van der Waals surface area contributed by atoms with Gasteiger partial charge in [0.05, 0.1) is 18.6 Å². The van der Waals surface area contributed by atoms with Gasteiger partial charge in [0.25, 0.3) is 6.43 Å². The third kappa shape index (κ3) is 3.49. The first-order chi connectivity index (χ1) is 13.3. The van der Waals surface area contributed by atoms with E-state index in [0.717, 1.165) is 21.9 Å². The lowest BCUT2D eigenvalue weighted by Crippen LogP contribution is -2.33. The quantitative estimate of drug-likeness (QED) is 0.408. The molecular weight excluding hydrogens is 370 g/mol. The van der Waals surface area contributed by atoms with Crippen LogP contribution in [0.2, 0.25) is 0 Å². The fourth-order valence-electron chi connectivity index (χ4n) is 3.41. The maximum atomic E-state index is 13.0. The number of alkyl halides is 2. The fourth-order valence-corrected chi connectivity index (χ4v) is 3.41. The van der Waals surface area contributed by atoms with E-state index in [1.54, 1.807) is 0 Å². The summed E-state index contributed by atoms with van der Waals surface area (Å²) in [6.07, 6.45) is -3.08. The smallest absolute Gasteiger partial charge is 0.356 e. The van der Waals surface area contributed by atoms with Gasteiger partial charge in [-0.1, -0.05) is 24.3 Å². The first kappa shape index (κ1) is 19.9. The highest BCUT2D eigenvalue weighted by Gasteiger charge is 2.62.